The fourth-order valence-corrected chi connectivity index (χ4v) is 1.91. The van der Waals surface area contributed by atoms with E-state index in [-0.39, 0.29) is 30.7 Å². The molecule has 1 aromatic heterocycles. The largest absolute Gasteiger partial charge is 0.490 e. The van der Waals surface area contributed by atoms with Gasteiger partial charge in [-0.15, -0.1) is 24.8 Å². The molecular formula is C18H25Cl2N3O3. The van der Waals surface area contributed by atoms with Gasteiger partial charge in [0.15, 0.2) is 11.5 Å². The first-order valence-electron chi connectivity index (χ1n) is 7.82. The number of nitrogens with one attached hydrogen (secondary N) is 1. The second kappa shape index (κ2) is 10.9. The molecule has 0 fully saturated rings. The fourth-order valence-electron chi connectivity index (χ4n) is 1.91. The highest BCUT2D eigenvalue weighted by molar-refractivity contribution is 5.86. The highest BCUT2D eigenvalue weighted by atomic mass is 35.5. The van der Waals surface area contributed by atoms with E-state index in [4.69, 9.17) is 15.2 Å². The number of halogens is 2. The number of rotatable bonds is 7. The Labute approximate surface area is 166 Å². The van der Waals surface area contributed by atoms with E-state index < -0.39 is 5.54 Å². The van der Waals surface area contributed by atoms with Crippen LogP contribution in [0.5, 0.6) is 17.4 Å². The molecule has 0 spiro atoms. The predicted octanol–water partition coefficient (Wildman–Crippen LogP) is 3.47. The van der Waals surface area contributed by atoms with Gasteiger partial charge in [-0.2, -0.15) is 0 Å². The van der Waals surface area contributed by atoms with Crippen molar-refractivity contribution in [3.8, 4) is 17.4 Å². The van der Waals surface area contributed by atoms with Crippen LogP contribution >= 0.6 is 24.8 Å². The molecule has 0 unspecified atom stereocenters. The van der Waals surface area contributed by atoms with Gasteiger partial charge in [0.05, 0.1) is 12.1 Å². The Kier molecular flexibility index (Phi) is 10.0. The van der Waals surface area contributed by atoms with Crippen LogP contribution in [-0.2, 0) is 11.3 Å². The maximum atomic E-state index is 11.7. The molecule has 1 heterocycles. The monoisotopic (exact) mass is 401 g/mol. The highest BCUT2D eigenvalue weighted by Crippen LogP contribution is 2.30. The summed E-state index contributed by atoms with van der Waals surface area (Å²) in [5.74, 6) is 1.52. The summed E-state index contributed by atoms with van der Waals surface area (Å²) < 4.78 is 11.3. The van der Waals surface area contributed by atoms with E-state index in [1.165, 1.54) is 0 Å². The number of pyridine rings is 1. The molecule has 144 valence electrons. The Morgan fingerprint density at radius 3 is 2.35 bits per heavy atom. The molecule has 1 aromatic carbocycles. The minimum Gasteiger partial charge on any atom is -0.490 e. The number of nitrogens with two attached hydrogens (primary N) is 1. The topological polar surface area (TPSA) is 86.5 Å². The zero-order valence-electron chi connectivity index (χ0n) is 15.0. The Bertz CT molecular complexity index is 689. The average molecular weight is 402 g/mol. The number of hydrogen-bond donors (Lipinski definition) is 2. The number of carbonyl (C=O) groups excluding carboxylic acids is 1. The Morgan fingerprint density at radius 2 is 1.81 bits per heavy atom. The fraction of sp³-hybridized carbons (Fsp3) is 0.333. The molecule has 0 saturated heterocycles. The number of nitrogens with zero attached hydrogens (tertiary/aromatic N) is 1. The van der Waals surface area contributed by atoms with E-state index in [1.54, 1.807) is 26.1 Å². The molecule has 0 bridgehead atoms. The summed E-state index contributed by atoms with van der Waals surface area (Å²) in [6.07, 6.45) is 1.66. The van der Waals surface area contributed by atoms with E-state index in [2.05, 4.69) is 10.3 Å². The van der Waals surface area contributed by atoms with Crippen LogP contribution in [0.1, 0.15) is 26.3 Å². The molecule has 2 rings (SSSR count). The summed E-state index contributed by atoms with van der Waals surface area (Å²) >= 11 is 0. The number of carbonyl (C=O) groups is 1. The number of benzene rings is 1. The molecule has 2 aromatic rings. The highest BCUT2D eigenvalue weighted by Gasteiger charge is 2.21. The first-order valence-corrected chi connectivity index (χ1v) is 7.82. The van der Waals surface area contributed by atoms with E-state index in [1.807, 2.05) is 37.3 Å². The second-order valence-corrected chi connectivity index (χ2v) is 5.89. The number of amides is 1. The molecule has 0 aliphatic carbocycles. The van der Waals surface area contributed by atoms with E-state index >= 15 is 0 Å². The minimum absolute atomic E-state index is 0. The van der Waals surface area contributed by atoms with Gasteiger partial charge in [-0.25, -0.2) is 4.98 Å². The maximum Gasteiger partial charge on any atom is 0.239 e. The van der Waals surface area contributed by atoms with Gasteiger partial charge in [0.1, 0.15) is 0 Å². The molecule has 0 atom stereocenters. The van der Waals surface area contributed by atoms with Crippen molar-refractivity contribution < 1.29 is 14.3 Å². The van der Waals surface area contributed by atoms with Gasteiger partial charge in [0.2, 0.25) is 11.8 Å². The summed E-state index contributed by atoms with van der Waals surface area (Å²) in [6.45, 7) is 6.16. The van der Waals surface area contributed by atoms with Gasteiger partial charge in [0.25, 0.3) is 0 Å². The van der Waals surface area contributed by atoms with Gasteiger partial charge in [0, 0.05) is 18.8 Å². The number of aromatic nitrogens is 1. The van der Waals surface area contributed by atoms with Crippen LogP contribution in [0.4, 0.5) is 0 Å². The third-order valence-corrected chi connectivity index (χ3v) is 3.20. The van der Waals surface area contributed by atoms with Crippen LogP contribution in [0.3, 0.4) is 0 Å². The standard InChI is InChI=1S/C18H23N3O3.2ClH/c1-4-23-14-7-5-6-8-15(14)24-16-10-9-13(11-20-16)12-21-17(22)18(2,3)19;;/h5-11H,4,12,19H2,1-3H3,(H,21,22);2*1H. The SMILES string of the molecule is CCOc1ccccc1Oc1ccc(CNC(=O)C(C)(C)N)cn1.Cl.Cl. The van der Waals surface area contributed by atoms with Crippen LogP contribution in [0, 0.1) is 0 Å². The van der Waals surface area contributed by atoms with Crippen molar-refractivity contribution in [2.24, 2.45) is 5.73 Å². The third kappa shape index (κ3) is 7.07. The lowest BCUT2D eigenvalue weighted by atomic mass is 10.1. The Morgan fingerprint density at radius 1 is 1.15 bits per heavy atom. The van der Waals surface area contributed by atoms with E-state index in [9.17, 15) is 4.79 Å². The molecule has 26 heavy (non-hydrogen) atoms. The summed E-state index contributed by atoms with van der Waals surface area (Å²) in [6, 6.07) is 11.0. The van der Waals surface area contributed by atoms with Crippen molar-refractivity contribution in [3.05, 3.63) is 48.2 Å². The molecule has 0 radical (unpaired) electrons. The lowest BCUT2D eigenvalue weighted by Crippen LogP contribution is -2.48. The first-order chi connectivity index (χ1) is 11.4. The molecule has 0 aliphatic heterocycles. The normalized spacial score (nSPS) is 10.2. The predicted molar refractivity (Wildman–Crippen MR) is 107 cm³/mol. The molecule has 1 amide bonds. The Balaban J connectivity index is 0.00000312. The maximum absolute atomic E-state index is 11.7. The van der Waals surface area contributed by atoms with Crippen molar-refractivity contribution in [1.29, 1.82) is 0 Å². The third-order valence-electron chi connectivity index (χ3n) is 3.20. The van der Waals surface area contributed by atoms with Crippen molar-refractivity contribution in [3.63, 3.8) is 0 Å². The summed E-state index contributed by atoms with van der Waals surface area (Å²) in [5, 5.41) is 2.77. The molecule has 6 nitrogen and oxygen atoms in total. The second-order valence-electron chi connectivity index (χ2n) is 5.89. The molecule has 3 N–H and O–H groups in total. The lowest BCUT2D eigenvalue weighted by molar-refractivity contribution is -0.125. The van der Waals surface area contributed by atoms with Crippen molar-refractivity contribution in [2.45, 2.75) is 32.9 Å². The summed E-state index contributed by atoms with van der Waals surface area (Å²) in [7, 11) is 0. The van der Waals surface area contributed by atoms with E-state index in [0.717, 1.165) is 5.56 Å². The van der Waals surface area contributed by atoms with Gasteiger partial charge >= 0.3 is 0 Å². The van der Waals surface area contributed by atoms with E-state index in [0.29, 0.717) is 30.5 Å². The number of para-hydroxylation sites is 2. The molecule has 0 aliphatic rings. The van der Waals surface area contributed by atoms with Gasteiger partial charge in [-0.3, -0.25) is 4.79 Å². The van der Waals surface area contributed by atoms with Gasteiger partial charge < -0.3 is 20.5 Å². The smallest absolute Gasteiger partial charge is 0.239 e. The zero-order valence-corrected chi connectivity index (χ0v) is 16.7. The van der Waals surface area contributed by atoms with Crippen LogP contribution < -0.4 is 20.5 Å². The summed E-state index contributed by atoms with van der Waals surface area (Å²) in [5.41, 5.74) is 5.69. The minimum atomic E-state index is -0.903. The summed E-state index contributed by atoms with van der Waals surface area (Å²) in [4.78, 5) is 16.0. The molecule has 0 saturated carbocycles. The number of ether oxygens (including phenoxy) is 2. The quantitative estimate of drug-likeness (QED) is 0.741. The zero-order chi connectivity index (χ0) is 17.6. The molecular weight excluding hydrogens is 377 g/mol. The van der Waals surface area contributed by atoms with Gasteiger partial charge in [-0.05, 0) is 38.5 Å². The van der Waals surface area contributed by atoms with Crippen LogP contribution in [0.2, 0.25) is 0 Å². The van der Waals surface area contributed by atoms with Gasteiger partial charge in [-0.1, -0.05) is 18.2 Å². The van der Waals surface area contributed by atoms with Crippen molar-refractivity contribution in [1.82, 2.24) is 10.3 Å². The Hall–Kier alpha value is -2.02. The van der Waals surface area contributed by atoms with Crippen LogP contribution in [-0.4, -0.2) is 23.0 Å². The number of hydrogen-bond acceptors (Lipinski definition) is 5. The molecule has 8 heteroatoms. The first kappa shape index (κ1) is 24.0. The van der Waals surface area contributed by atoms with Crippen molar-refractivity contribution in [2.75, 3.05) is 6.61 Å². The lowest BCUT2D eigenvalue weighted by Gasteiger charge is -2.17. The van der Waals surface area contributed by atoms with Crippen LogP contribution in [0.25, 0.3) is 0 Å². The van der Waals surface area contributed by atoms with Crippen LogP contribution in [0.15, 0.2) is 42.6 Å². The van der Waals surface area contributed by atoms with Crippen molar-refractivity contribution >= 4 is 30.7 Å². The average Bonchev–Trinajstić information content (AvgIpc) is 2.55.